The predicted octanol–water partition coefficient (Wildman–Crippen LogP) is 1.01. The molecule has 2 amide bonds. The highest BCUT2D eigenvalue weighted by Crippen LogP contribution is 2.20. The number of benzene rings is 1. The van der Waals surface area contributed by atoms with E-state index in [0.717, 1.165) is 0 Å². The first-order valence-electron chi connectivity index (χ1n) is 7.31. The summed E-state index contributed by atoms with van der Waals surface area (Å²) in [5.74, 6) is -1.36. The highest BCUT2D eigenvalue weighted by molar-refractivity contribution is 7.90. The molecular formula is C15H16N4O7S. The Bertz CT molecular complexity index is 969. The first kappa shape index (κ1) is 19.9. The molecule has 144 valence electrons. The molecule has 12 heteroatoms. The number of anilines is 1. The molecule has 1 aromatic heterocycles. The third-order valence-electron chi connectivity index (χ3n) is 3.35. The van der Waals surface area contributed by atoms with E-state index in [-0.39, 0.29) is 33.7 Å². The Labute approximate surface area is 154 Å². The molecule has 2 aromatic rings. The van der Waals surface area contributed by atoms with Gasteiger partial charge in [0.1, 0.15) is 0 Å². The summed E-state index contributed by atoms with van der Waals surface area (Å²) in [5, 5.41) is 11.2. The molecule has 1 heterocycles. The fraction of sp³-hybridized carbons (Fsp3) is 0.200. The van der Waals surface area contributed by atoms with Gasteiger partial charge in [-0.3, -0.25) is 5.32 Å². The second-order valence-corrected chi connectivity index (χ2v) is 6.72. The molecule has 0 unspecified atom stereocenters. The number of nitrogens with one attached hydrogen (secondary N) is 2. The van der Waals surface area contributed by atoms with Gasteiger partial charge in [0.25, 0.3) is 10.0 Å². The lowest BCUT2D eigenvalue weighted by Crippen LogP contribution is -2.35. The van der Waals surface area contributed by atoms with Crippen molar-refractivity contribution in [1.82, 2.24) is 14.7 Å². The number of carboxylic acids is 1. The number of aromatic nitrogens is 2. The van der Waals surface area contributed by atoms with Crippen LogP contribution >= 0.6 is 0 Å². The van der Waals surface area contributed by atoms with Crippen LogP contribution in [0.25, 0.3) is 0 Å². The van der Waals surface area contributed by atoms with E-state index in [9.17, 15) is 18.0 Å². The van der Waals surface area contributed by atoms with Crippen LogP contribution in [0.2, 0.25) is 0 Å². The average Bonchev–Trinajstić information content (AvgIpc) is 2.60. The van der Waals surface area contributed by atoms with Gasteiger partial charge < -0.3 is 14.6 Å². The SMILES string of the molecule is COc1cc(OC)nc(NC(=O)NS(=O)(=O)c2cccc(C(=O)O)c2C)n1. The minimum atomic E-state index is -4.34. The van der Waals surface area contributed by atoms with Gasteiger partial charge >= 0.3 is 12.0 Å². The fourth-order valence-corrected chi connectivity index (χ4v) is 3.29. The molecule has 0 bridgehead atoms. The van der Waals surface area contributed by atoms with E-state index in [4.69, 9.17) is 14.6 Å². The van der Waals surface area contributed by atoms with Crippen LogP contribution in [0.15, 0.2) is 29.2 Å². The summed E-state index contributed by atoms with van der Waals surface area (Å²) in [6.07, 6.45) is 0. The van der Waals surface area contributed by atoms with E-state index >= 15 is 0 Å². The molecule has 11 nitrogen and oxygen atoms in total. The molecule has 2 rings (SSSR count). The van der Waals surface area contributed by atoms with E-state index in [1.165, 1.54) is 45.4 Å². The molecule has 1 aromatic carbocycles. The number of urea groups is 1. The van der Waals surface area contributed by atoms with Crippen LogP contribution in [0.1, 0.15) is 15.9 Å². The summed E-state index contributed by atoms with van der Waals surface area (Å²) in [5.41, 5.74) is -0.205. The van der Waals surface area contributed by atoms with Crippen molar-refractivity contribution in [3.63, 3.8) is 0 Å². The van der Waals surface area contributed by atoms with Crippen LogP contribution in [-0.4, -0.2) is 49.7 Å². The maximum absolute atomic E-state index is 12.4. The van der Waals surface area contributed by atoms with Crippen LogP contribution in [-0.2, 0) is 10.0 Å². The summed E-state index contributed by atoms with van der Waals surface area (Å²) in [6.45, 7) is 1.33. The monoisotopic (exact) mass is 396 g/mol. The van der Waals surface area contributed by atoms with Crippen molar-refractivity contribution < 1.29 is 32.6 Å². The Balaban J connectivity index is 2.25. The standard InChI is InChI=1S/C15H16N4O7S/c1-8-9(13(20)21)5-4-6-10(8)27(23,24)19-15(22)18-14-16-11(25-2)7-12(17-14)26-3/h4-7H,1-3H3,(H,20,21)(H2,16,17,18,19,22). The largest absolute Gasteiger partial charge is 0.481 e. The maximum atomic E-state index is 12.4. The average molecular weight is 396 g/mol. The number of hydrogen-bond acceptors (Lipinski definition) is 8. The van der Waals surface area contributed by atoms with Gasteiger partial charge in [-0.1, -0.05) is 6.07 Å². The van der Waals surface area contributed by atoms with Gasteiger partial charge in [-0.05, 0) is 24.6 Å². The zero-order valence-electron chi connectivity index (χ0n) is 14.5. The van der Waals surface area contributed by atoms with Gasteiger partial charge in [0.2, 0.25) is 17.7 Å². The predicted molar refractivity (Wildman–Crippen MR) is 92.6 cm³/mol. The molecule has 3 N–H and O–H groups in total. The molecule has 0 spiro atoms. The minimum absolute atomic E-state index is 0.00963. The highest BCUT2D eigenvalue weighted by Gasteiger charge is 2.23. The second-order valence-electron chi connectivity index (χ2n) is 5.07. The zero-order chi connectivity index (χ0) is 20.2. The van der Waals surface area contributed by atoms with Crippen molar-refractivity contribution in [2.24, 2.45) is 0 Å². The molecule has 0 aliphatic carbocycles. The number of hydrogen-bond donors (Lipinski definition) is 3. The summed E-state index contributed by atoms with van der Waals surface area (Å²) >= 11 is 0. The molecule has 0 fully saturated rings. The number of methoxy groups -OCH3 is 2. The third-order valence-corrected chi connectivity index (χ3v) is 4.83. The Kier molecular flexibility index (Phi) is 5.80. The maximum Gasteiger partial charge on any atom is 0.335 e. The quantitative estimate of drug-likeness (QED) is 0.648. The second kappa shape index (κ2) is 7.86. The number of sulfonamides is 1. The summed E-state index contributed by atoms with van der Waals surface area (Å²) < 4.78 is 36.5. The van der Waals surface area contributed by atoms with E-state index < -0.39 is 22.0 Å². The van der Waals surface area contributed by atoms with Crippen LogP contribution in [0.5, 0.6) is 11.8 Å². The van der Waals surface area contributed by atoms with Crippen molar-refractivity contribution in [3.8, 4) is 11.8 Å². The molecule has 0 aliphatic rings. The van der Waals surface area contributed by atoms with Crippen LogP contribution < -0.4 is 19.5 Å². The Morgan fingerprint density at radius 1 is 1.11 bits per heavy atom. The lowest BCUT2D eigenvalue weighted by atomic mass is 10.1. The van der Waals surface area contributed by atoms with Crippen molar-refractivity contribution in [3.05, 3.63) is 35.4 Å². The van der Waals surface area contributed by atoms with Crippen molar-refractivity contribution >= 4 is 28.0 Å². The lowest BCUT2D eigenvalue weighted by molar-refractivity contribution is 0.0695. The number of carboxylic acid groups (broad SMARTS) is 1. The number of carbonyl (C=O) groups excluding carboxylic acids is 1. The van der Waals surface area contributed by atoms with Crippen LogP contribution in [0, 0.1) is 6.92 Å². The Morgan fingerprint density at radius 3 is 2.22 bits per heavy atom. The van der Waals surface area contributed by atoms with E-state index in [1.54, 1.807) is 4.72 Å². The zero-order valence-corrected chi connectivity index (χ0v) is 15.3. The number of aromatic carboxylic acids is 1. The fourth-order valence-electron chi connectivity index (χ4n) is 2.11. The molecular weight excluding hydrogens is 380 g/mol. The van der Waals surface area contributed by atoms with Gasteiger partial charge in [-0.25, -0.2) is 22.7 Å². The van der Waals surface area contributed by atoms with Gasteiger partial charge in [0.15, 0.2) is 0 Å². The number of nitrogens with zero attached hydrogens (tertiary/aromatic N) is 2. The molecule has 27 heavy (non-hydrogen) atoms. The normalized spacial score (nSPS) is 10.8. The van der Waals surface area contributed by atoms with Crippen molar-refractivity contribution in [2.75, 3.05) is 19.5 Å². The molecule has 0 saturated heterocycles. The first-order chi connectivity index (χ1) is 12.7. The smallest absolute Gasteiger partial charge is 0.335 e. The lowest BCUT2D eigenvalue weighted by Gasteiger charge is -2.12. The van der Waals surface area contributed by atoms with E-state index in [1.807, 2.05) is 0 Å². The summed E-state index contributed by atoms with van der Waals surface area (Å²) in [4.78, 5) is 30.5. The summed E-state index contributed by atoms with van der Waals surface area (Å²) in [6, 6.07) is 3.92. The first-order valence-corrected chi connectivity index (χ1v) is 8.80. The Morgan fingerprint density at radius 2 is 1.70 bits per heavy atom. The van der Waals surface area contributed by atoms with Crippen LogP contribution in [0.3, 0.4) is 0 Å². The van der Waals surface area contributed by atoms with Crippen LogP contribution in [0.4, 0.5) is 10.7 Å². The van der Waals surface area contributed by atoms with E-state index in [2.05, 4.69) is 15.3 Å². The highest BCUT2D eigenvalue weighted by atomic mass is 32.2. The number of carbonyl (C=O) groups is 2. The molecule has 0 aliphatic heterocycles. The topological polar surface area (TPSA) is 157 Å². The van der Waals surface area contributed by atoms with Crippen molar-refractivity contribution in [2.45, 2.75) is 11.8 Å². The molecule has 0 atom stereocenters. The third kappa shape index (κ3) is 4.61. The molecule has 0 radical (unpaired) electrons. The molecule has 0 saturated carbocycles. The summed E-state index contributed by atoms with van der Waals surface area (Å²) in [7, 11) is -1.66. The van der Waals surface area contributed by atoms with Gasteiger partial charge in [-0.2, -0.15) is 9.97 Å². The van der Waals surface area contributed by atoms with E-state index in [0.29, 0.717) is 0 Å². The number of rotatable bonds is 6. The Hall–Kier alpha value is -3.41. The van der Waals surface area contributed by atoms with Crippen molar-refractivity contribution in [1.29, 1.82) is 0 Å². The minimum Gasteiger partial charge on any atom is -0.481 e. The van der Waals surface area contributed by atoms with Gasteiger partial charge in [-0.15, -0.1) is 0 Å². The van der Waals surface area contributed by atoms with Gasteiger partial charge in [0.05, 0.1) is 30.7 Å². The van der Waals surface area contributed by atoms with Gasteiger partial charge in [0, 0.05) is 0 Å². The number of ether oxygens (including phenoxy) is 2. The number of amides is 2.